The Labute approximate surface area is 194 Å². The molecule has 1 rings (SSSR count). The summed E-state index contributed by atoms with van der Waals surface area (Å²) in [4.78, 5) is 18.9. The number of hydrogen-bond acceptors (Lipinski definition) is 3. The summed E-state index contributed by atoms with van der Waals surface area (Å²) >= 11 is 0. The van der Waals surface area contributed by atoms with Crippen LogP contribution in [0, 0.1) is 0 Å². The molecule has 0 bridgehead atoms. The fourth-order valence-electron chi connectivity index (χ4n) is 2.98. The molecule has 0 radical (unpaired) electrons. The summed E-state index contributed by atoms with van der Waals surface area (Å²) < 4.78 is 0. The molecule has 1 amide bonds. The summed E-state index contributed by atoms with van der Waals surface area (Å²) in [6.45, 7) is 13.4. The second-order valence-electron chi connectivity index (χ2n) is 7.00. The van der Waals surface area contributed by atoms with Gasteiger partial charge in [0.25, 0.3) is 0 Å². The molecule has 1 atom stereocenters. The third-order valence-corrected chi connectivity index (χ3v) is 4.69. The third-order valence-electron chi connectivity index (χ3n) is 4.69. The van der Waals surface area contributed by atoms with Crippen molar-refractivity contribution in [2.24, 2.45) is 4.99 Å². The van der Waals surface area contributed by atoms with Gasteiger partial charge in [0.05, 0.1) is 0 Å². The summed E-state index contributed by atoms with van der Waals surface area (Å²) in [5.41, 5.74) is 1.22. The predicted molar refractivity (Wildman–Crippen MR) is 134 cm³/mol. The third kappa shape index (κ3) is 13.5. The molecule has 0 saturated heterocycles. The van der Waals surface area contributed by atoms with Gasteiger partial charge in [0.15, 0.2) is 5.96 Å². The van der Waals surface area contributed by atoms with Gasteiger partial charge in [-0.1, -0.05) is 44.2 Å². The van der Waals surface area contributed by atoms with Crippen LogP contribution in [-0.2, 0) is 11.2 Å². The van der Waals surface area contributed by atoms with E-state index in [1.54, 1.807) is 0 Å². The Morgan fingerprint density at radius 2 is 1.79 bits per heavy atom. The molecule has 29 heavy (non-hydrogen) atoms. The minimum atomic E-state index is -0.0534. The van der Waals surface area contributed by atoms with Crippen molar-refractivity contribution in [1.82, 2.24) is 20.9 Å². The van der Waals surface area contributed by atoms with E-state index in [0.29, 0.717) is 18.5 Å². The number of nitrogens with one attached hydrogen (secondary N) is 3. The van der Waals surface area contributed by atoms with Gasteiger partial charge in [0, 0.05) is 19.1 Å². The monoisotopic (exact) mass is 517 g/mol. The first-order chi connectivity index (χ1) is 13.6. The summed E-state index contributed by atoms with van der Waals surface area (Å²) in [5.74, 6) is 0.651. The van der Waals surface area contributed by atoms with Crippen LogP contribution in [0.2, 0.25) is 0 Å². The lowest BCUT2D eigenvalue weighted by atomic mass is 10.1. The second-order valence-corrected chi connectivity index (χ2v) is 7.00. The minimum absolute atomic E-state index is 0. The van der Waals surface area contributed by atoms with E-state index in [1.807, 2.05) is 25.1 Å². The van der Waals surface area contributed by atoms with Crippen molar-refractivity contribution in [3.63, 3.8) is 0 Å². The first-order valence-corrected chi connectivity index (χ1v) is 10.7. The molecule has 6 nitrogen and oxygen atoms in total. The molecule has 3 N–H and O–H groups in total. The minimum Gasteiger partial charge on any atom is -0.357 e. The van der Waals surface area contributed by atoms with Crippen LogP contribution in [0.5, 0.6) is 0 Å². The Hall–Kier alpha value is -1.35. The highest BCUT2D eigenvalue weighted by Gasteiger charge is 2.07. The van der Waals surface area contributed by atoms with Gasteiger partial charge in [-0.2, -0.15) is 0 Å². The highest BCUT2D eigenvalue weighted by molar-refractivity contribution is 14.0. The number of halogens is 1. The van der Waals surface area contributed by atoms with Crippen LogP contribution >= 0.6 is 24.0 Å². The molecular weight excluding hydrogens is 477 g/mol. The van der Waals surface area contributed by atoms with Gasteiger partial charge in [0.2, 0.25) is 5.91 Å². The molecule has 0 saturated carbocycles. The van der Waals surface area contributed by atoms with Crippen molar-refractivity contribution in [2.45, 2.75) is 53.0 Å². The van der Waals surface area contributed by atoms with E-state index in [9.17, 15) is 4.79 Å². The molecule has 0 aliphatic carbocycles. The molecule has 1 aromatic carbocycles. The highest BCUT2D eigenvalue weighted by atomic mass is 127. The maximum Gasteiger partial charge on any atom is 0.241 e. The number of guanidine groups is 1. The summed E-state index contributed by atoms with van der Waals surface area (Å²) in [7, 11) is 0. The SMILES string of the molecule is CCNC(=NCC(=O)NCCc1ccccc1)NC(C)CCCN(CC)CC.I. The van der Waals surface area contributed by atoms with Crippen molar-refractivity contribution >= 4 is 35.8 Å². The molecule has 0 spiro atoms. The number of carbonyl (C=O) groups excluding carboxylic acids is 1. The van der Waals surface area contributed by atoms with E-state index in [-0.39, 0.29) is 36.4 Å². The molecule has 7 heteroatoms. The highest BCUT2D eigenvalue weighted by Crippen LogP contribution is 2.00. The van der Waals surface area contributed by atoms with Gasteiger partial charge in [-0.05, 0) is 58.3 Å². The van der Waals surface area contributed by atoms with Crippen molar-refractivity contribution < 1.29 is 4.79 Å². The van der Waals surface area contributed by atoms with Gasteiger partial charge in [-0.3, -0.25) is 4.79 Å². The Morgan fingerprint density at radius 3 is 2.41 bits per heavy atom. The Bertz CT molecular complexity index is 564. The fourth-order valence-corrected chi connectivity index (χ4v) is 2.98. The largest absolute Gasteiger partial charge is 0.357 e. The van der Waals surface area contributed by atoms with E-state index in [1.165, 1.54) is 5.56 Å². The summed E-state index contributed by atoms with van der Waals surface area (Å²) in [6.07, 6.45) is 3.05. The van der Waals surface area contributed by atoms with E-state index < -0.39 is 0 Å². The molecule has 0 aliphatic rings. The molecule has 1 unspecified atom stereocenters. The normalized spacial score (nSPS) is 12.2. The number of carbonyl (C=O) groups is 1. The lowest BCUT2D eigenvalue weighted by Gasteiger charge is -2.21. The Balaban J connectivity index is 0.00000784. The molecular formula is C22H40IN5O. The van der Waals surface area contributed by atoms with Gasteiger partial charge in [-0.15, -0.1) is 24.0 Å². The van der Waals surface area contributed by atoms with Crippen molar-refractivity contribution in [2.75, 3.05) is 39.3 Å². The second kappa shape index (κ2) is 17.5. The Morgan fingerprint density at radius 1 is 1.10 bits per heavy atom. The van der Waals surface area contributed by atoms with Crippen molar-refractivity contribution in [3.8, 4) is 0 Å². The van der Waals surface area contributed by atoms with Crippen LogP contribution in [0.1, 0.15) is 46.1 Å². The first-order valence-electron chi connectivity index (χ1n) is 10.7. The maximum atomic E-state index is 12.1. The van der Waals surface area contributed by atoms with Crippen LogP contribution in [0.15, 0.2) is 35.3 Å². The molecule has 0 aliphatic heterocycles. The molecule has 0 heterocycles. The van der Waals surface area contributed by atoms with Crippen LogP contribution in [-0.4, -0.2) is 62.1 Å². The van der Waals surface area contributed by atoms with E-state index in [2.05, 4.69) is 58.7 Å². The summed E-state index contributed by atoms with van der Waals surface area (Å²) in [6, 6.07) is 10.5. The molecule has 1 aromatic rings. The smallest absolute Gasteiger partial charge is 0.241 e. The zero-order valence-electron chi connectivity index (χ0n) is 18.5. The quantitative estimate of drug-likeness (QED) is 0.214. The number of amides is 1. The molecule has 166 valence electrons. The number of rotatable bonds is 13. The maximum absolute atomic E-state index is 12.1. The lowest BCUT2D eigenvalue weighted by molar-refractivity contribution is -0.119. The van der Waals surface area contributed by atoms with E-state index in [0.717, 1.165) is 45.4 Å². The first kappa shape index (κ1) is 27.6. The topological polar surface area (TPSA) is 68.8 Å². The van der Waals surface area contributed by atoms with Gasteiger partial charge >= 0.3 is 0 Å². The van der Waals surface area contributed by atoms with Crippen LogP contribution in [0.4, 0.5) is 0 Å². The van der Waals surface area contributed by atoms with Gasteiger partial charge in [0.1, 0.15) is 6.54 Å². The van der Waals surface area contributed by atoms with Crippen LogP contribution in [0.3, 0.4) is 0 Å². The van der Waals surface area contributed by atoms with Crippen LogP contribution < -0.4 is 16.0 Å². The lowest BCUT2D eigenvalue weighted by Crippen LogP contribution is -2.43. The van der Waals surface area contributed by atoms with Crippen LogP contribution in [0.25, 0.3) is 0 Å². The van der Waals surface area contributed by atoms with Crippen molar-refractivity contribution in [3.05, 3.63) is 35.9 Å². The van der Waals surface area contributed by atoms with Gasteiger partial charge < -0.3 is 20.9 Å². The number of hydrogen-bond donors (Lipinski definition) is 3. The zero-order chi connectivity index (χ0) is 20.6. The molecule has 0 aromatic heterocycles. The zero-order valence-corrected chi connectivity index (χ0v) is 20.9. The standard InChI is InChI=1S/C22H39N5O.HI/c1-5-23-22(26-19(4)12-11-17-27(6-2)7-3)25-18-21(28)24-16-15-20-13-9-8-10-14-20;/h8-10,13-14,19H,5-7,11-12,15-18H2,1-4H3,(H,24,28)(H2,23,25,26);1H. The number of benzene rings is 1. The average Bonchev–Trinajstić information content (AvgIpc) is 2.70. The van der Waals surface area contributed by atoms with Gasteiger partial charge in [-0.25, -0.2) is 4.99 Å². The number of aliphatic imine (C=N–C) groups is 1. The molecule has 0 fully saturated rings. The average molecular weight is 518 g/mol. The number of nitrogens with zero attached hydrogens (tertiary/aromatic N) is 2. The van der Waals surface area contributed by atoms with E-state index >= 15 is 0 Å². The van der Waals surface area contributed by atoms with E-state index in [4.69, 9.17) is 0 Å². The Kier molecular flexibility index (Phi) is 16.7. The summed E-state index contributed by atoms with van der Waals surface area (Å²) in [5, 5.41) is 9.56. The predicted octanol–water partition coefficient (Wildman–Crippen LogP) is 3.03. The fraction of sp³-hybridized carbons (Fsp3) is 0.636. The van der Waals surface area contributed by atoms with Crippen molar-refractivity contribution in [1.29, 1.82) is 0 Å².